The van der Waals surface area contributed by atoms with Crippen molar-refractivity contribution in [3.8, 4) is 0 Å². The molecule has 0 saturated heterocycles. The van der Waals surface area contributed by atoms with Crippen LogP contribution in [0.5, 0.6) is 0 Å². The third kappa shape index (κ3) is 46.8. The maximum atomic E-state index is 10.4. The second-order valence-corrected chi connectivity index (χ2v) is 8.48. The highest BCUT2D eigenvalue weighted by Crippen LogP contribution is 1.91. The Morgan fingerprint density at radius 2 is 0.500 bits per heavy atom. The smallest absolute Gasteiger partial charge is 0.314 e. The van der Waals surface area contributed by atoms with Gasteiger partial charge in [-0.2, -0.15) is 0 Å². The largest absolute Gasteiger partial charge is 0.549 e. The van der Waals surface area contributed by atoms with E-state index in [4.69, 9.17) is 0 Å². The lowest BCUT2D eigenvalue weighted by atomic mass is 10.0. The van der Waals surface area contributed by atoms with Gasteiger partial charge in [-0.25, -0.2) is 0 Å². The number of carbonyl (C=O) groups excluding carboxylic acids is 10. The molecule has 52 heavy (non-hydrogen) atoms. The lowest BCUT2D eigenvalue weighted by Gasteiger charge is -2.29. The number of nitrogens with zero attached hydrogens (tertiary/aromatic N) is 4. The fraction of sp³-hybridized carbons (Fsp3) is 0.565. The van der Waals surface area contributed by atoms with Gasteiger partial charge in [-0.3, -0.25) is 0 Å². The summed E-state index contributed by atoms with van der Waals surface area (Å²) >= 11 is 0. The first-order valence-corrected chi connectivity index (χ1v) is 12.5. The zero-order chi connectivity index (χ0) is 38.7. The van der Waals surface area contributed by atoms with Gasteiger partial charge in [0.05, 0.1) is 59.7 Å². The highest BCUT2D eigenvalue weighted by molar-refractivity contribution is 6.31. The van der Waals surface area contributed by atoms with Crippen LogP contribution in [0.1, 0.15) is 22.3 Å². The number of rotatable bonds is 26. The molecule has 29 heteroatoms. The molecule has 0 amide bonds. The van der Waals surface area contributed by atoms with Crippen LogP contribution in [0, 0.1) is 0 Å². The fourth-order valence-corrected chi connectivity index (χ4v) is 2.64. The summed E-state index contributed by atoms with van der Waals surface area (Å²) in [7, 11) is 2.51. The quantitative estimate of drug-likeness (QED) is 0.0775. The van der Waals surface area contributed by atoms with Crippen LogP contribution in [0.2, 0.25) is 0 Å². The van der Waals surface area contributed by atoms with Gasteiger partial charge < -0.3 is 129 Å². The topological polar surface area (TPSA) is 438 Å². The van der Waals surface area contributed by atoms with Crippen LogP contribution >= 0.6 is 0 Å². The molecule has 0 aromatic rings. The van der Waals surface area contributed by atoms with Crippen molar-refractivity contribution < 1.29 is 99.0 Å². The second-order valence-electron chi connectivity index (χ2n) is 8.48. The Balaban J connectivity index is -0.000000150. The SMILES string of the molecule is C.C.C.O=C([O-])CN([B]N(CC(=O)[O-])CC(=O)[O-])CC(=O)[O-].O=C([O-])CN[B]N(CC(=O)[O-])CC(=O)[O-].O=C([O-])CN[B]N(CC(=O)[O-])CC(=O)[O-]. The number of hydrogen-bond donors (Lipinski definition) is 2. The summed E-state index contributed by atoms with van der Waals surface area (Å²) in [6.07, 6.45) is 0. The minimum absolute atomic E-state index is 0. The Morgan fingerprint density at radius 1 is 0.327 bits per heavy atom. The Labute approximate surface area is 299 Å². The molecule has 0 aliphatic rings. The van der Waals surface area contributed by atoms with E-state index in [9.17, 15) is 99.0 Å². The second kappa shape index (κ2) is 34.1. The van der Waals surface area contributed by atoms with Crippen LogP contribution < -0.4 is 61.5 Å². The van der Waals surface area contributed by atoms with Crippen LogP contribution in [0.25, 0.3) is 0 Å². The molecule has 0 rings (SSSR count). The minimum atomic E-state index is -1.64. The number of carboxylic acid groups (broad SMARTS) is 10. The van der Waals surface area contributed by atoms with E-state index in [1.54, 1.807) is 0 Å². The lowest BCUT2D eigenvalue weighted by Crippen LogP contribution is -2.54. The first kappa shape index (κ1) is 58.8. The monoisotopic (exact) mass is 747 g/mol. The molecule has 0 heterocycles. The molecule has 0 aliphatic heterocycles. The normalized spacial score (nSPS) is 9.54. The third-order valence-corrected chi connectivity index (χ3v) is 4.02. The standard InChI is InChI=1S/C8H12BN2O8.2C6H10BN2O6.3CH4/c12-5(13)1-10(2-6(14)15)9-11(3-7(16)17)4-8(18)19;2*10-4(11)1-8-7-9(2-5(12)13)3-6(14)15;;;/h1-4H2,(H,12,13)(H,14,15)(H,16,17)(H,18,19);2*8H,1-3H2,(H,10,11)(H,12,13)(H,14,15);3*1H4/p-10. The van der Waals surface area contributed by atoms with E-state index < -0.39 is 125 Å². The molecule has 0 fully saturated rings. The van der Waals surface area contributed by atoms with Crippen LogP contribution in [-0.4, -0.2) is 167 Å². The van der Waals surface area contributed by atoms with Crippen LogP contribution in [-0.2, 0) is 47.9 Å². The molecule has 295 valence electrons. The summed E-state index contributed by atoms with van der Waals surface area (Å²) in [6, 6.07) is 0. The van der Waals surface area contributed by atoms with Crippen LogP contribution in [0.3, 0.4) is 0 Å². The Hall–Kier alpha value is -5.35. The van der Waals surface area contributed by atoms with E-state index >= 15 is 0 Å². The summed E-state index contributed by atoms with van der Waals surface area (Å²) < 4.78 is 0. The van der Waals surface area contributed by atoms with Crippen molar-refractivity contribution in [2.45, 2.75) is 22.3 Å². The van der Waals surface area contributed by atoms with Gasteiger partial charge in [0.15, 0.2) is 0 Å². The molecule has 26 nitrogen and oxygen atoms in total. The lowest BCUT2D eigenvalue weighted by molar-refractivity contribution is -0.312. The fourth-order valence-electron chi connectivity index (χ4n) is 2.64. The van der Waals surface area contributed by atoms with Crippen molar-refractivity contribution in [1.82, 2.24) is 29.7 Å². The number of hydrogen-bond acceptors (Lipinski definition) is 26. The van der Waals surface area contributed by atoms with E-state index in [1.807, 2.05) is 0 Å². The van der Waals surface area contributed by atoms with Gasteiger partial charge in [0, 0.05) is 65.4 Å². The number of aliphatic carboxylic acids is 10. The van der Waals surface area contributed by atoms with Crippen molar-refractivity contribution >= 4 is 82.3 Å². The summed E-state index contributed by atoms with van der Waals surface area (Å²) in [5.41, 5.74) is 0. The van der Waals surface area contributed by atoms with Crippen molar-refractivity contribution in [2.24, 2.45) is 0 Å². The highest BCUT2D eigenvalue weighted by Gasteiger charge is 2.16. The van der Waals surface area contributed by atoms with Crippen molar-refractivity contribution in [2.75, 3.05) is 65.4 Å². The number of nitrogens with one attached hydrogen (secondary N) is 2. The minimum Gasteiger partial charge on any atom is -0.549 e. The van der Waals surface area contributed by atoms with Gasteiger partial charge in [0.1, 0.15) is 0 Å². The molecule has 0 unspecified atom stereocenters. The first-order valence-electron chi connectivity index (χ1n) is 12.5. The van der Waals surface area contributed by atoms with Crippen LogP contribution in [0.4, 0.5) is 0 Å². The molecule has 0 aliphatic carbocycles. The van der Waals surface area contributed by atoms with E-state index in [1.165, 1.54) is 0 Å². The Morgan fingerprint density at radius 3 is 0.654 bits per heavy atom. The first-order chi connectivity index (χ1) is 22.5. The van der Waals surface area contributed by atoms with Gasteiger partial charge in [0.2, 0.25) is 0 Å². The number of carboxylic acids is 10. The third-order valence-electron chi connectivity index (χ3n) is 4.02. The predicted octanol–water partition coefficient (Wildman–Crippen LogP) is -18.6. The highest BCUT2D eigenvalue weighted by atomic mass is 16.4. The van der Waals surface area contributed by atoms with Gasteiger partial charge in [0.25, 0.3) is 0 Å². The average molecular weight is 747 g/mol. The Kier molecular flexibility index (Phi) is 38.6. The van der Waals surface area contributed by atoms with E-state index in [-0.39, 0.29) is 22.3 Å². The van der Waals surface area contributed by atoms with E-state index in [2.05, 4.69) is 10.5 Å². The molecular weight excluding hydrogens is 713 g/mol. The summed E-state index contributed by atoms with van der Waals surface area (Å²) in [5.74, 6) is -15.4. The van der Waals surface area contributed by atoms with Gasteiger partial charge >= 0.3 is 22.6 Å². The Bertz CT molecular complexity index is 1020. The van der Waals surface area contributed by atoms with Gasteiger partial charge in [-0.05, 0) is 0 Å². The van der Waals surface area contributed by atoms with Crippen molar-refractivity contribution in [3.63, 3.8) is 0 Å². The average Bonchev–Trinajstić information content (AvgIpc) is 2.86. The molecule has 0 saturated carbocycles. The summed E-state index contributed by atoms with van der Waals surface area (Å²) in [5, 5.41) is 106. The number of carbonyl (C=O) groups is 10. The van der Waals surface area contributed by atoms with Crippen LogP contribution in [0.15, 0.2) is 0 Å². The van der Waals surface area contributed by atoms with E-state index in [0.717, 1.165) is 24.7 Å². The molecule has 0 bridgehead atoms. The zero-order valence-corrected chi connectivity index (χ0v) is 24.8. The predicted molar refractivity (Wildman–Crippen MR) is 150 cm³/mol. The molecule has 0 atom stereocenters. The molecule has 3 radical (unpaired) electrons. The molecule has 0 aromatic carbocycles. The van der Waals surface area contributed by atoms with Crippen molar-refractivity contribution in [3.05, 3.63) is 0 Å². The van der Waals surface area contributed by atoms with Crippen molar-refractivity contribution in [1.29, 1.82) is 0 Å². The molecule has 0 spiro atoms. The summed E-state index contributed by atoms with van der Waals surface area (Å²) in [6.45, 7) is -7.40. The zero-order valence-electron chi connectivity index (χ0n) is 24.8. The maximum Gasteiger partial charge on any atom is 0.314 e. The van der Waals surface area contributed by atoms with Gasteiger partial charge in [-0.1, -0.05) is 22.3 Å². The maximum absolute atomic E-state index is 10.4. The molecule has 0 aromatic heterocycles. The van der Waals surface area contributed by atoms with Gasteiger partial charge in [-0.15, -0.1) is 0 Å². The molecule has 2 N–H and O–H groups in total. The summed E-state index contributed by atoms with van der Waals surface area (Å²) in [4.78, 5) is 105. The molecular formula is C23H34B3N6O20-10. The van der Waals surface area contributed by atoms with E-state index in [0.29, 0.717) is 17.2 Å².